The molecule has 0 spiro atoms. The molecule has 1 aliphatic heterocycles. The lowest BCUT2D eigenvalue weighted by molar-refractivity contribution is -0.136. The average molecular weight is 333 g/mol. The number of aromatic nitrogens is 1. The molecular weight excluding hydrogens is 310 g/mol. The molecule has 0 unspecified atom stereocenters. The zero-order valence-corrected chi connectivity index (χ0v) is 14.7. The Kier molecular flexibility index (Phi) is 4.82. The van der Waals surface area contributed by atoms with Crippen LogP contribution in [0.25, 0.3) is 10.2 Å². The summed E-state index contributed by atoms with van der Waals surface area (Å²) in [4.78, 5) is 21.1. The number of nitrogens with zero attached hydrogens (tertiary/aromatic N) is 3. The van der Waals surface area contributed by atoms with Gasteiger partial charge in [-0.15, -0.1) is 11.3 Å². The average Bonchev–Trinajstić information content (AvgIpc) is 2.95. The molecule has 1 amide bonds. The summed E-state index contributed by atoms with van der Waals surface area (Å²) in [6, 6.07) is 5.99. The number of carbonyl (C=O) groups is 1. The van der Waals surface area contributed by atoms with Gasteiger partial charge in [0.15, 0.2) is 0 Å². The van der Waals surface area contributed by atoms with E-state index in [2.05, 4.69) is 4.90 Å². The third-order valence-electron chi connectivity index (χ3n) is 4.18. The van der Waals surface area contributed by atoms with Crippen LogP contribution in [-0.4, -0.2) is 54.0 Å². The molecule has 2 heterocycles. The fraction of sp³-hybridized carbons (Fsp3) is 0.529. The van der Waals surface area contributed by atoms with E-state index in [0.29, 0.717) is 0 Å². The largest absolute Gasteiger partial charge is 0.497 e. The summed E-state index contributed by atoms with van der Waals surface area (Å²) in [6.07, 6.45) is 0. The molecular formula is C17H23N3O2S. The molecule has 0 N–H and O–H groups in total. The molecule has 0 aliphatic carbocycles. The van der Waals surface area contributed by atoms with Crippen LogP contribution in [0.5, 0.6) is 5.75 Å². The zero-order valence-electron chi connectivity index (χ0n) is 13.9. The molecule has 6 heteroatoms. The predicted molar refractivity (Wildman–Crippen MR) is 92.9 cm³/mol. The SMILES string of the molecule is COc1ccc2nc(CN3CCN(C(=O)C(C)C)CC3)sc2c1. The second-order valence-corrected chi connectivity index (χ2v) is 7.31. The Bertz CT molecular complexity index is 690. The molecule has 0 saturated carbocycles. The van der Waals surface area contributed by atoms with Crippen LogP contribution in [0.2, 0.25) is 0 Å². The topological polar surface area (TPSA) is 45.7 Å². The van der Waals surface area contributed by atoms with Crippen molar-refractivity contribution >= 4 is 27.5 Å². The number of methoxy groups -OCH3 is 1. The Hall–Kier alpha value is -1.66. The second-order valence-electron chi connectivity index (χ2n) is 6.20. The minimum Gasteiger partial charge on any atom is -0.497 e. The van der Waals surface area contributed by atoms with Crippen molar-refractivity contribution in [1.82, 2.24) is 14.8 Å². The van der Waals surface area contributed by atoms with E-state index in [1.54, 1.807) is 18.4 Å². The molecule has 0 bridgehead atoms. The van der Waals surface area contributed by atoms with Gasteiger partial charge in [0.05, 0.1) is 23.9 Å². The Balaban J connectivity index is 1.61. The molecule has 1 saturated heterocycles. The monoisotopic (exact) mass is 333 g/mol. The van der Waals surface area contributed by atoms with Gasteiger partial charge in [-0.3, -0.25) is 9.69 Å². The molecule has 124 valence electrons. The number of fused-ring (bicyclic) bond motifs is 1. The zero-order chi connectivity index (χ0) is 16.4. The minimum atomic E-state index is 0.0841. The van der Waals surface area contributed by atoms with Crippen molar-refractivity contribution < 1.29 is 9.53 Å². The van der Waals surface area contributed by atoms with Crippen LogP contribution in [0.15, 0.2) is 18.2 Å². The Morgan fingerprint density at radius 1 is 1.30 bits per heavy atom. The number of piperazine rings is 1. The molecule has 0 radical (unpaired) electrons. The van der Waals surface area contributed by atoms with Crippen LogP contribution in [0, 0.1) is 5.92 Å². The standard InChI is InChI=1S/C17H23N3O2S/c1-12(2)17(21)20-8-6-19(7-9-20)11-16-18-14-5-4-13(22-3)10-15(14)23-16/h4-5,10,12H,6-9,11H2,1-3H3. The highest BCUT2D eigenvalue weighted by Crippen LogP contribution is 2.27. The lowest BCUT2D eigenvalue weighted by atomic mass is 10.1. The number of rotatable bonds is 4. The van der Waals surface area contributed by atoms with Gasteiger partial charge in [0, 0.05) is 32.1 Å². The molecule has 2 aromatic rings. The van der Waals surface area contributed by atoms with Crippen LogP contribution in [0.3, 0.4) is 0 Å². The quantitative estimate of drug-likeness (QED) is 0.863. The van der Waals surface area contributed by atoms with Gasteiger partial charge in [0.1, 0.15) is 10.8 Å². The normalized spacial score (nSPS) is 16.3. The Morgan fingerprint density at radius 2 is 2.04 bits per heavy atom. The second kappa shape index (κ2) is 6.84. The van der Waals surface area contributed by atoms with Gasteiger partial charge in [0.2, 0.25) is 5.91 Å². The molecule has 1 fully saturated rings. The summed E-state index contributed by atoms with van der Waals surface area (Å²) in [6.45, 7) is 8.24. The number of benzene rings is 1. The summed E-state index contributed by atoms with van der Waals surface area (Å²) < 4.78 is 6.43. The van der Waals surface area contributed by atoms with Crippen molar-refractivity contribution in [3.8, 4) is 5.75 Å². The highest BCUT2D eigenvalue weighted by atomic mass is 32.1. The molecule has 1 aromatic carbocycles. The van der Waals surface area contributed by atoms with E-state index in [1.807, 2.05) is 36.9 Å². The lowest BCUT2D eigenvalue weighted by Crippen LogP contribution is -2.49. The van der Waals surface area contributed by atoms with Crippen molar-refractivity contribution in [3.05, 3.63) is 23.2 Å². The molecule has 5 nitrogen and oxygen atoms in total. The molecule has 1 aliphatic rings. The maximum Gasteiger partial charge on any atom is 0.225 e. The van der Waals surface area contributed by atoms with Gasteiger partial charge in [-0.25, -0.2) is 4.98 Å². The number of thiazole rings is 1. The van der Waals surface area contributed by atoms with Crippen molar-refractivity contribution in [2.24, 2.45) is 5.92 Å². The first-order valence-electron chi connectivity index (χ1n) is 8.01. The van der Waals surface area contributed by atoms with E-state index in [9.17, 15) is 4.79 Å². The summed E-state index contributed by atoms with van der Waals surface area (Å²) in [5.74, 6) is 1.21. The van der Waals surface area contributed by atoms with Gasteiger partial charge >= 0.3 is 0 Å². The number of amides is 1. The third-order valence-corrected chi connectivity index (χ3v) is 5.18. The van der Waals surface area contributed by atoms with E-state index >= 15 is 0 Å². The Morgan fingerprint density at radius 3 is 2.70 bits per heavy atom. The molecule has 1 aromatic heterocycles. The fourth-order valence-corrected chi connectivity index (χ4v) is 3.87. The summed E-state index contributed by atoms with van der Waals surface area (Å²) in [5.41, 5.74) is 1.03. The molecule has 3 rings (SSSR count). The van der Waals surface area contributed by atoms with Gasteiger partial charge in [-0.1, -0.05) is 13.8 Å². The Labute approximate surface area is 140 Å². The van der Waals surface area contributed by atoms with Crippen LogP contribution in [0.4, 0.5) is 0 Å². The van der Waals surface area contributed by atoms with Crippen molar-refractivity contribution in [3.63, 3.8) is 0 Å². The van der Waals surface area contributed by atoms with Gasteiger partial charge in [-0.2, -0.15) is 0 Å². The first kappa shape index (κ1) is 16.2. The van der Waals surface area contributed by atoms with E-state index in [4.69, 9.17) is 9.72 Å². The summed E-state index contributed by atoms with van der Waals surface area (Å²) in [5, 5.41) is 1.12. The van der Waals surface area contributed by atoms with E-state index < -0.39 is 0 Å². The van der Waals surface area contributed by atoms with Crippen LogP contribution >= 0.6 is 11.3 Å². The van der Waals surface area contributed by atoms with Crippen LogP contribution in [-0.2, 0) is 11.3 Å². The summed E-state index contributed by atoms with van der Waals surface area (Å²) in [7, 11) is 1.68. The lowest BCUT2D eigenvalue weighted by Gasteiger charge is -2.35. The maximum absolute atomic E-state index is 12.0. The minimum absolute atomic E-state index is 0.0841. The van der Waals surface area contributed by atoms with E-state index in [-0.39, 0.29) is 11.8 Å². The van der Waals surface area contributed by atoms with Gasteiger partial charge < -0.3 is 9.64 Å². The number of carbonyl (C=O) groups excluding carboxylic acids is 1. The molecule has 23 heavy (non-hydrogen) atoms. The first-order chi connectivity index (χ1) is 11.1. The van der Waals surface area contributed by atoms with E-state index in [0.717, 1.165) is 53.7 Å². The number of ether oxygens (including phenoxy) is 1. The van der Waals surface area contributed by atoms with Crippen LogP contribution < -0.4 is 4.74 Å². The van der Waals surface area contributed by atoms with E-state index in [1.165, 1.54) is 0 Å². The highest BCUT2D eigenvalue weighted by molar-refractivity contribution is 7.18. The van der Waals surface area contributed by atoms with Crippen LogP contribution in [0.1, 0.15) is 18.9 Å². The van der Waals surface area contributed by atoms with Gasteiger partial charge in [-0.05, 0) is 18.2 Å². The van der Waals surface area contributed by atoms with Crippen molar-refractivity contribution in [1.29, 1.82) is 0 Å². The maximum atomic E-state index is 12.0. The first-order valence-corrected chi connectivity index (χ1v) is 8.83. The summed E-state index contributed by atoms with van der Waals surface area (Å²) >= 11 is 1.72. The fourth-order valence-electron chi connectivity index (χ4n) is 2.83. The number of hydrogen-bond acceptors (Lipinski definition) is 5. The molecule has 0 atom stereocenters. The van der Waals surface area contributed by atoms with Crippen molar-refractivity contribution in [2.75, 3.05) is 33.3 Å². The number of hydrogen-bond donors (Lipinski definition) is 0. The van der Waals surface area contributed by atoms with Crippen molar-refractivity contribution in [2.45, 2.75) is 20.4 Å². The van der Waals surface area contributed by atoms with Gasteiger partial charge in [0.25, 0.3) is 0 Å². The highest BCUT2D eigenvalue weighted by Gasteiger charge is 2.23. The smallest absolute Gasteiger partial charge is 0.225 e. The predicted octanol–water partition coefficient (Wildman–Crippen LogP) is 2.61. The third kappa shape index (κ3) is 3.64.